The van der Waals surface area contributed by atoms with E-state index in [4.69, 9.17) is 0 Å². The van der Waals surface area contributed by atoms with E-state index in [-0.39, 0.29) is 5.97 Å². The van der Waals surface area contributed by atoms with E-state index in [1.807, 2.05) is 0 Å². The summed E-state index contributed by atoms with van der Waals surface area (Å²) >= 11 is 0. The second-order valence-corrected chi connectivity index (χ2v) is 2.46. The zero-order valence-electron chi connectivity index (χ0n) is 6.99. The predicted molar refractivity (Wildman–Crippen MR) is 39.3 cm³/mol. The van der Waals surface area contributed by atoms with Crippen molar-refractivity contribution in [3.05, 3.63) is 0 Å². The lowest BCUT2D eigenvalue weighted by Gasteiger charge is -1.80. The Morgan fingerprint density at radius 1 is 1.18 bits per heavy atom. The number of hydrogen-bond acceptors (Lipinski definition) is 5. The molecule has 0 aromatic rings. The number of methoxy groups -OCH3 is 1. The maximum absolute atomic E-state index is 9.88. The van der Waals surface area contributed by atoms with Crippen LogP contribution >= 0.6 is 8.25 Å². The molecule has 0 heterocycles. The molecule has 0 saturated carbocycles. The largest absolute Gasteiger partial charge is 0.696 e. The van der Waals surface area contributed by atoms with Gasteiger partial charge in [0.05, 0.1) is 21.3 Å². The molecule has 0 unspecified atom stereocenters. The predicted octanol–water partition coefficient (Wildman–Crippen LogP) is 1.12. The van der Waals surface area contributed by atoms with Crippen molar-refractivity contribution in [2.45, 2.75) is 6.92 Å². The molecule has 0 aliphatic carbocycles. The maximum atomic E-state index is 9.88. The number of carbonyl (C=O) groups is 1. The Bertz CT molecular complexity index is 118. The molecule has 0 spiro atoms. The van der Waals surface area contributed by atoms with Crippen LogP contribution in [-0.4, -0.2) is 27.3 Å². The first-order chi connectivity index (χ1) is 5.08. The summed E-state index contributed by atoms with van der Waals surface area (Å²) in [6.07, 6.45) is 0. The molecule has 0 bridgehead atoms. The van der Waals surface area contributed by atoms with Crippen LogP contribution in [0.25, 0.3) is 0 Å². The minimum Gasteiger partial charge on any atom is -0.469 e. The van der Waals surface area contributed by atoms with E-state index in [1.165, 1.54) is 28.3 Å². The van der Waals surface area contributed by atoms with E-state index >= 15 is 0 Å². The summed E-state index contributed by atoms with van der Waals surface area (Å²) in [6, 6.07) is 0. The van der Waals surface area contributed by atoms with Crippen LogP contribution in [0.2, 0.25) is 0 Å². The first-order valence-electron chi connectivity index (χ1n) is 2.68. The summed E-state index contributed by atoms with van der Waals surface area (Å²) in [5, 5.41) is 0. The molecule has 0 aliphatic rings. The first kappa shape index (κ1) is 13.1. The van der Waals surface area contributed by atoms with Crippen molar-refractivity contribution in [1.29, 1.82) is 0 Å². The minimum absolute atomic E-state index is 0.245. The average Bonchev–Trinajstić information content (AvgIpc) is 2.04. The number of ether oxygens (including phenoxy) is 1. The Labute approximate surface area is 66.6 Å². The Morgan fingerprint density at radius 2 is 1.45 bits per heavy atom. The standard InChI is InChI=1S/C3H6O2.C2H6O3P/c1-3(4)5-2;1-4-6(3)5-2/h1-2H3;1-2H3/q;+1. The zero-order chi connectivity index (χ0) is 9.28. The Balaban J connectivity index is 0. The van der Waals surface area contributed by atoms with Crippen molar-refractivity contribution in [2.24, 2.45) is 0 Å². The molecule has 0 aromatic carbocycles. The molecule has 66 valence electrons. The molecule has 0 amide bonds. The van der Waals surface area contributed by atoms with Gasteiger partial charge in [0, 0.05) is 11.5 Å². The first-order valence-corrected chi connectivity index (χ1v) is 3.78. The lowest BCUT2D eigenvalue weighted by molar-refractivity contribution is -0.137. The number of hydrogen-bond donors (Lipinski definition) is 0. The fourth-order valence-corrected chi connectivity index (χ4v) is 0.224. The second-order valence-electron chi connectivity index (χ2n) is 1.28. The third kappa shape index (κ3) is 17.7. The van der Waals surface area contributed by atoms with Crippen molar-refractivity contribution >= 4 is 14.2 Å². The van der Waals surface area contributed by atoms with E-state index in [9.17, 15) is 9.36 Å². The summed E-state index contributed by atoms with van der Waals surface area (Å²) in [7, 11) is 2.17. The molecule has 0 aliphatic heterocycles. The van der Waals surface area contributed by atoms with Gasteiger partial charge in [0.25, 0.3) is 0 Å². The highest BCUT2D eigenvalue weighted by Gasteiger charge is 2.10. The normalized spacial score (nSPS) is 7.64. The van der Waals surface area contributed by atoms with Gasteiger partial charge in [-0.05, 0) is 0 Å². The Kier molecular flexibility index (Phi) is 11.3. The summed E-state index contributed by atoms with van der Waals surface area (Å²) in [5.41, 5.74) is 0. The van der Waals surface area contributed by atoms with Crippen LogP contribution in [-0.2, 0) is 23.1 Å². The molecule has 0 rings (SSSR count). The van der Waals surface area contributed by atoms with Crippen LogP contribution in [0.5, 0.6) is 0 Å². The lowest BCUT2D eigenvalue weighted by atomic mass is 10.8. The maximum Gasteiger partial charge on any atom is 0.696 e. The highest BCUT2D eigenvalue weighted by molar-refractivity contribution is 7.33. The smallest absolute Gasteiger partial charge is 0.469 e. The molecular weight excluding hydrogens is 171 g/mol. The van der Waals surface area contributed by atoms with Crippen LogP contribution in [0.4, 0.5) is 0 Å². The number of esters is 1. The SMILES string of the molecule is COC(C)=O.CO[P+](=O)OC. The van der Waals surface area contributed by atoms with Crippen molar-refractivity contribution in [3.63, 3.8) is 0 Å². The van der Waals surface area contributed by atoms with Crippen molar-refractivity contribution in [3.8, 4) is 0 Å². The Hall–Kier alpha value is -0.510. The summed E-state index contributed by atoms with van der Waals surface area (Å²) in [6.45, 7) is 1.36. The fourth-order valence-electron chi connectivity index (χ4n) is 0.0745. The average molecular weight is 183 g/mol. The van der Waals surface area contributed by atoms with E-state index in [2.05, 4.69) is 13.8 Å². The van der Waals surface area contributed by atoms with Gasteiger partial charge >= 0.3 is 14.2 Å². The molecular formula is C5H12O5P+. The van der Waals surface area contributed by atoms with Crippen molar-refractivity contribution in [2.75, 3.05) is 21.3 Å². The molecule has 11 heavy (non-hydrogen) atoms. The van der Waals surface area contributed by atoms with Gasteiger partial charge in [0.1, 0.15) is 0 Å². The van der Waals surface area contributed by atoms with Crippen LogP contribution in [0.3, 0.4) is 0 Å². The van der Waals surface area contributed by atoms with E-state index in [1.54, 1.807) is 0 Å². The van der Waals surface area contributed by atoms with Gasteiger partial charge in [0.15, 0.2) is 0 Å². The third-order valence-electron chi connectivity index (χ3n) is 0.586. The van der Waals surface area contributed by atoms with E-state index in [0.29, 0.717) is 0 Å². The molecule has 0 aromatic heterocycles. The fraction of sp³-hybridized carbons (Fsp3) is 0.800. The third-order valence-corrected chi connectivity index (χ3v) is 1.18. The number of rotatable bonds is 2. The van der Waals surface area contributed by atoms with Crippen molar-refractivity contribution < 1.29 is 23.1 Å². The second kappa shape index (κ2) is 9.49. The van der Waals surface area contributed by atoms with Crippen LogP contribution in [0.1, 0.15) is 6.92 Å². The highest BCUT2D eigenvalue weighted by Crippen LogP contribution is 2.18. The quantitative estimate of drug-likeness (QED) is 0.474. The summed E-state index contributed by atoms with van der Waals surface area (Å²) < 4.78 is 22.4. The molecule has 6 heteroatoms. The van der Waals surface area contributed by atoms with Crippen molar-refractivity contribution in [1.82, 2.24) is 0 Å². The molecule has 5 nitrogen and oxygen atoms in total. The monoisotopic (exact) mass is 183 g/mol. The topological polar surface area (TPSA) is 61.8 Å². The van der Waals surface area contributed by atoms with E-state index < -0.39 is 8.25 Å². The van der Waals surface area contributed by atoms with Gasteiger partial charge in [-0.15, -0.1) is 9.05 Å². The van der Waals surface area contributed by atoms with E-state index in [0.717, 1.165) is 0 Å². The van der Waals surface area contributed by atoms with Gasteiger partial charge in [-0.2, -0.15) is 0 Å². The van der Waals surface area contributed by atoms with Gasteiger partial charge in [-0.1, -0.05) is 0 Å². The molecule has 0 fully saturated rings. The molecule has 0 radical (unpaired) electrons. The van der Waals surface area contributed by atoms with Gasteiger partial charge in [-0.25, -0.2) is 0 Å². The molecule has 0 N–H and O–H groups in total. The van der Waals surface area contributed by atoms with Crippen LogP contribution in [0.15, 0.2) is 0 Å². The molecule has 0 saturated heterocycles. The summed E-state index contributed by atoms with van der Waals surface area (Å²) in [4.78, 5) is 9.59. The van der Waals surface area contributed by atoms with Gasteiger partial charge in [-0.3, -0.25) is 4.79 Å². The minimum atomic E-state index is -1.83. The number of carbonyl (C=O) groups excluding carboxylic acids is 1. The van der Waals surface area contributed by atoms with Gasteiger partial charge < -0.3 is 4.74 Å². The molecule has 0 atom stereocenters. The van der Waals surface area contributed by atoms with Crippen LogP contribution < -0.4 is 0 Å². The Morgan fingerprint density at radius 3 is 1.45 bits per heavy atom. The highest BCUT2D eigenvalue weighted by atomic mass is 31.1. The van der Waals surface area contributed by atoms with Gasteiger partial charge in [0.2, 0.25) is 0 Å². The lowest BCUT2D eigenvalue weighted by Crippen LogP contribution is -1.88. The zero-order valence-corrected chi connectivity index (χ0v) is 7.88. The van der Waals surface area contributed by atoms with Crippen LogP contribution in [0, 0.1) is 0 Å². The summed E-state index contributed by atoms with van der Waals surface area (Å²) in [5.74, 6) is -0.245.